The van der Waals surface area contributed by atoms with E-state index >= 15 is 0 Å². The van der Waals surface area contributed by atoms with Gasteiger partial charge in [-0.05, 0) is 24.2 Å². The molecule has 0 aromatic heterocycles. The lowest BCUT2D eigenvalue weighted by molar-refractivity contribution is -0.128. The number of likely N-dealkylation sites (tertiary alicyclic amines) is 1. The summed E-state index contributed by atoms with van der Waals surface area (Å²) in [5, 5.41) is 0. The van der Waals surface area contributed by atoms with Crippen molar-refractivity contribution in [1.29, 1.82) is 0 Å². The van der Waals surface area contributed by atoms with Crippen molar-refractivity contribution < 1.29 is 4.79 Å². The van der Waals surface area contributed by atoms with Crippen molar-refractivity contribution in [3.05, 3.63) is 0 Å². The number of carbonyl (C=O) groups excluding carboxylic acids is 1. The van der Waals surface area contributed by atoms with Gasteiger partial charge in [0.1, 0.15) is 0 Å². The molecular weight excluding hydrogens is 138 g/mol. The van der Waals surface area contributed by atoms with Crippen LogP contribution in [0.25, 0.3) is 0 Å². The molecule has 11 heavy (non-hydrogen) atoms. The van der Waals surface area contributed by atoms with Crippen LogP contribution in [0.15, 0.2) is 0 Å². The van der Waals surface area contributed by atoms with Crippen LogP contribution >= 0.6 is 0 Å². The lowest BCUT2D eigenvalue weighted by Crippen LogP contribution is -2.29. The summed E-state index contributed by atoms with van der Waals surface area (Å²) in [6.45, 7) is 5.98. The van der Waals surface area contributed by atoms with Crippen molar-refractivity contribution in [3.8, 4) is 0 Å². The van der Waals surface area contributed by atoms with Crippen LogP contribution in [0.1, 0.15) is 26.7 Å². The molecule has 0 spiro atoms. The third-order valence-corrected chi connectivity index (χ3v) is 3.45. The van der Waals surface area contributed by atoms with Crippen molar-refractivity contribution in [2.75, 3.05) is 13.1 Å². The molecule has 2 aliphatic rings. The molecule has 2 nitrogen and oxygen atoms in total. The summed E-state index contributed by atoms with van der Waals surface area (Å²) in [5.74, 6) is 1.10. The van der Waals surface area contributed by atoms with Crippen molar-refractivity contribution in [3.63, 3.8) is 0 Å². The molecule has 2 fully saturated rings. The van der Waals surface area contributed by atoms with E-state index in [2.05, 4.69) is 6.92 Å². The molecule has 2 heteroatoms. The quantitative estimate of drug-likeness (QED) is 0.555. The Morgan fingerprint density at radius 1 is 1.73 bits per heavy atom. The number of rotatable bonds is 1. The highest BCUT2D eigenvalue weighted by molar-refractivity contribution is 5.74. The molecule has 2 unspecified atom stereocenters. The van der Waals surface area contributed by atoms with Gasteiger partial charge in [0.2, 0.25) is 5.91 Å². The number of piperidine rings is 1. The molecule has 1 heterocycles. The van der Waals surface area contributed by atoms with Gasteiger partial charge in [0, 0.05) is 20.0 Å². The second-order valence-corrected chi connectivity index (χ2v) is 4.02. The number of carbonyl (C=O) groups is 1. The van der Waals surface area contributed by atoms with E-state index in [1.54, 1.807) is 6.92 Å². The van der Waals surface area contributed by atoms with Gasteiger partial charge in [-0.15, -0.1) is 0 Å². The van der Waals surface area contributed by atoms with E-state index in [1.165, 1.54) is 12.8 Å². The van der Waals surface area contributed by atoms with Gasteiger partial charge in [0.25, 0.3) is 0 Å². The van der Waals surface area contributed by atoms with Crippen molar-refractivity contribution in [2.45, 2.75) is 26.7 Å². The lowest BCUT2D eigenvalue weighted by atomic mass is 10.0. The number of nitrogens with zero attached hydrogens (tertiary/aromatic N) is 1. The molecule has 1 aliphatic carbocycles. The SMILES string of the molecule is CCC12CC1CN(C(C)=O)C2. The largest absolute Gasteiger partial charge is 0.342 e. The molecule has 1 saturated heterocycles. The Bertz CT molecular complexity index is 198. The van der Waals surface area contributed by atoms with Crippen molar-refractivity contribution >= 4 is 5.91 Å². The van der Waals surface area contributed by atoms with Gasteiger partial charge in [-0.1, -0.05) is 6.92 Å². The van der Waals surface area contributed by atoms with Crippen molar-refractivity contribution in [2.24, 2.45) is 11.3 Å². The third-order valence-electron chi connectivity index (χ3n) is 3.45. The zero-order valence-electron chi connectivity index (χ0n) is 7.26. The minimum Gasteiger partial charge on any atom is -0.342 e. The van der Waals surface area contributed by atoms with E-state index in [0.29, 0.717) is 5.41 Å². The first-order valence-corrected chi connectivity index (χ1v) is 4.43. The fraction of sp³-hybridized carbons (Fsp3) is 0.889. The molecule has 0 bridgehead atoms. The third kappa shape index (κ3) is 0.883. The van der Waals surface area contributed by atoms with Crippen LogP contribution in [-0.2, 0) is 4.79 Å². The Morgan fingerprint density at radius 3 is 2.82 bits per heavy atom. The first-order chi connectivity index (χ1) is 5.18. The predicted octanol–water partition coefficient (Wildman–Crippen LogP) is 1.26. The van der Waals surface area contributed by atoms with E-state index in [4.69, 9.17) is 0 Å². The van der Waals surface area contributed by atoms with Gasteiger partial charge < -0.3 is 4.90 Å². The molecule has 1 amide bonds. The second kappa shape index (κ2) is 1.99. The summed E-state index contributed by atoms with van der Waals surface area (Å²) in [7, 11) is 0. The molecule has 0 radical (unpaired) electrons. The van der Waals surface area contributed by atoms with Crippen LogP contribution in [0, 0.1) is 11.3 Å². The number of amides is 1. The van der Waals surface area contributed by atoms with E-state index in [-0.39, 0.29) is 5.91 Å². The normalized spacial score (nSPS) is 40.5. The molecule has 62 valence electrons. The smallest absolute Gasteiger partial charge is 0.219 e. The molecule has 2 rings (SSSR count). The minimum absolute atomic E-state index is 0.255. The second-order valence-electron chi connectivity index (χ2n) is 4.02. The highest BCUT2D eigenvalue weighted by Gasteiger charge is 2.58. The maximum absolute atomic E-state index is 11.0. The molecule has 0 aromatic rings. The van der Waals surface area contributed by atoms with Gasteiger partial charge in [-0.2, -0.15) is 0 Å². The van der Waals surface area contributed by atoms with Gasteiger partial charge >= 0.3 is 0 Å². The zero-order chi connectivity index (χ0) is 8.06. The number of hydrogen-bond donors (Lipinski definition) is 0. The molecule has 1 aliphatic heterocycles. The van der Waals surface area contributed by atoms with Gasteiger partial charge in [0.05, 0.1) is 0 Å². The van der Waals surface area contributed by atoms with Gasteiger partial charge in [0.15, 0.2) is 0 Å². The maximum atomic E-state index is 11.0. The van der Waals surface area contributed by atoms with Crippen LogP contribution in [0.3, 0.4) is 0 Å². The average molecular weight is 153 g/mol. The molecule has 0 N–H and O–H groups in total. The van der Waals surface area contributed by atoms with Gasteiger partial charge in [-0.25, -0.2) is 0 Å². The fourth-order valence-corrected chi connectivity index (χ4v) is 2.38. The monoisotopic (exact) mass is 153 g/mol. The van der Waals surface area contributed by atoms with E-state index in [1.807, 2.05) is 4.90 Å². The summed E-state index contributed by atoms with van der Waals surface area (Å²) in [6.07, 6.45) is 2.62. The number of hydrogen-bond acceptors (Lipinski definition) is 1. The van der Waals surface area contributed by atoms with E-state index < -0.39 is 0 Å². The van der Waals surface area contributed by atoms with Crippen LogP contribution < -0.4 is 0 Å². The van der Waals surface area contributed by atoms with Crippen LogP contribution in [-0.4, -0.2) is 23.9 Å². The molecule has 0 aromatic carbocycles. The summed E-state index contributed by atoms with van der Waals surface area (Å²) in [6, 6.07) is 0. The van der Waals surface area contributed by atoms with Crippen LogP contribution in [0.5, 0.6) is 0 Å². The average Bonchev–Trinajstić information content (AvgIpc) is 2.55. The standard InChI is InChI=1S/C9H15NO/c1-3-9-4-8(9)5-10(6-9)7(2)11/h8H,3-6H2,1-2H3. The Morgan fingerprint density at radius 2 is 2.45 bits per heavy atom. The molecule has 2 atom stereocenters. The minimum atomic E-state index is 0.255. The summed E-state index contributed by atoms with van der Waals surface area (Å²) < 4.78 is 0. The molecule has 1 saturated carbocycles. The summed E-state index contributed by atoms with van der Waals surface area (Å²) in [4.78, 5) is 13.0. The Balaban J connectivity index is 2.02. The highest BCUT2D eigenvalue weighted by atomic mass is 16.2. The zero-order valence-corrected chi connectivity index (χ0v) is 7.26. The maximum Gasteiger partial charge on any atom is 0.219 e. The van der Waals surface area contributed by atoms with Gasteiger partial charge in [-0.3, -0.25) is 4.79 Å². The molecular formula is C9H15NO. The Kier molecular flexibility index (Phi) is 1.29. The van der Waals surface area contributed by atoms with E-state index in [9.17, 15) is 4.79 Å². The Labute approximate surface area is 67.6 Å². The lowest BCUT2D eigenvalue weighted by Gasteiger charge is -2.18. The van der Waals surface area contributed by atoms with Crippen LogP contribution in [0.4, 0.5) is 0 Å². The fourth-order valence-electron chi connectivity index (χ4n) is 2.38. The Hall–Kier alpha value is -0.530. The topological polar surface area (TPSA) is 20.3 Å². The first-order valence-electron chi connectivity index (χ1n) is 4.43. The van der Waals surface area contributed by atoms with Crippen molar-refractivity contribution in [1.82, 2.24) is 4.90 Å². The summed E-state index contributed by atoms with van der Waals surface area (Å²) >= 11 is 0. The first kappa shape index (κ1) is 7.14. The van der Waals surface area contributed by atoms with E-state index in [0.717, 1.165) is 19.0 Å². The predicted molar refractivity (Wildman–Crippen MR) is 43.1 cm³/mol. The van der Waals surface area contributed by atoms with Crippen LogP contribution in [0.2, 0.25) is 0 Å². The highest BCUT2D eigenvalue weighted by Crippen LogP contribution is 2.59. The number of fused-ring (bicyclic) bond motifs is 1. The summed E-state index contributed by atoms with van der Waals surface area (Å²) in [5.41, 5.74) is 0.561.